The Labute approximate surface area is 139 Å². The Hall–Kier alpha value is -0.530. The minimum absolute atomic E-state index is 0.353. The molecule has 0 aromatic carbocycles. The number of hydrogen-bond acceptors (Lipinski definition) is 1. The molecule has 130 valence electrons. The van der Waals surface area contributed by atoms with E-state index in [1.165, 1.54) is 70.6 Å². The molecule has 2 nitrogen and oxygen atoms in total. The summed E-state index contributed by atoms with van der Waals surface area (Å²) in [5.74, 6) is 0.801. The molecule has 1 aliphatic heterocycles. The first-order chi connectivity index (χ1) is 10.8. The normalized spacial score (nSPS) is 18.4. The molecule has 1 fully saturated rings. The number of hydrogen-bond donors (Lipinski definition) is 0. The summed E-state index contributed by atoms with van der Waals surface area (Å²) in [6.45, 7) is 6.48. The molecule has 1 rings (SSSR count). The van der Waals surface area contributed by atoms with Crippen molar-refractivity contribution in [2.45, 2.75) is 104 Å². The molecule has 2 heteroatoms. The Kier molecular flexibility index (Phi) is 11.5. The van der Waals surface area contributed by atoms with Crippen LogP contribution in [-0.2, 0) is 4.79 Å². The van der Waals surface area contributed by atoms with Crippen molar-refractivity contribution in [2.75, 3.05) is 13.1 Å². The van der Waals surface area contributed by atoms with Crippen LogP contribution < -0.4 is 0 Å². The summed E-state index contributed by atoms with van der Waals surface area (Å²) in [5, 5.41) is 0. The van der Waals surface area contributed by atoms with Crippen LogP contribution in [-0.4, -0.2) is 23.9 Å². The van der Waals surface area contributed by atoms with Crippen molar-refractivity contribution in [1.29, 1.82) is 0 Å². The van der Waals surface area contributed by atoms with Crippen molar-refractivity contribution in [3.63, 3.8) is 0 Å². The van der Waals surface area contributed by atoms with Gasteiger partial charge in [-0.25, -0.2) is 0 Å². The zero-order chi connectivity index (χ0) is 16.0. The van der Waals surface area contributed by atoms with E-state index in [0.29, 0.717) is 11.8 Å². The number of carbonyl (C=O) groups is 1. The average molecular weight is 310 g/mol. The van der Waals surface area contributed by atoms with Gasteiger partial charge in [-0.2, -0.15) is 0 Å². The first-order valence-corrected chi connectivity index (χ1v) is 10.1. The zero-order valence-corrected chi connectivity index (χ0v) is 15.2. The lowest BCUT2D eigenvalue weighted by Crippen LogP contribution is -2.28. The fourth-order valence-corrected chi connectivity index (χ4v) is 3.52. The second kappa shape index (κ2) is 13.0. The molecular weight excluding hydrogens is 270 g/mol. The third kappa shape index (κ3) is 8.19. The van der Waals surface area contributed by atoms with Gasteiger partial charge in [0, 0.05) is 19.0 Å². The monoisotopic (exact) mass is 309 g/mol. The van der Waals surface area contributed by atoms with Gasteiger partial charge in [-0.05, 0) is 19.3 Å². The molecule has 0 radical (unpaired) electrons. The third-order valence-corrected chi connectivity index (χ3v) is 5.10. The predicted molar refractivity (Wildman–Crippen MR) is 96.1 cm³/mol. The Bertz CT molecular complexity index is 277. The van der Waals surface area contributed by atoms with Crippen molar-refractivity contribution in [3.8, 4) is 0 Å². The van der Waals surface area contributed by atoms with Gasteiger partial charge in [0.2, 0.25) is 5.91 Å². The van der Waals surface area contributed by atoms with Crippen LogP contribution in [0.3, 0.4) is 0 Å². The van der Waals surface area contributed by atoms with Crippen LogP contribution >= 0.6 is 0 Å². The topological polar surface area (TPSA) is 20.3 Å². The third-order valence-electron chi connectivity index (χ3n) is 5.10. The van der Waals surface area contributed by atoms with E-state index >= 15 is 0 Å². The van der Waals surface area contributed by atoms with E-state index in [4.69, 9.17) is 0 Å². The minimum atomic E-state index is 0.353. The van der Waals surface area contributed by atoms with Crippen LogP contribution in [0.2, 0.25) is 0 Å². The highest BCUT2D eigenvalue weighted by Gasteiger charge is 2.30. The lowest BCUT2D eigenvalue weighted by atomic mass is 9.98. The summed E-state index contributed by atoms with van der Waals surface area (Å²) in [6.07, 6.45) is 18.4. The SMILES string of the molecule is CCCCCCCCCCCCC1CCN(CCCC)C1=O. The molecular formula is C20H39NO. The summed E-state index contributed by atoms with van der Waals surface area (Å²) in [7, 11) is 0. The predicted octanol–water partition coefficient (Wildman–Crippen LogP) is 5.95. The highest BCUT2D eigenvalue weighted by molar-refractivity contribution is 5.80. The van der Waals surface area contributed by atoms with Gasteiger partial charge >= 0.3 is 0 Å². The lowest BCUT2D eigenvalue weighted by molar-refractivity contribution is -0.131. The van der Waals surface area contributed by atoms with Crippen LogP contribution in [0.25, 0.3) is 0 Å². The van der Waals surface area contributed by atoms with Crippen molar-refractivity contribution in [3.05, 3.63) is 0 Å². The smallest absolute Gasteiger partial charge is 0.225 e. The molecule has 0 spiro atoms. The van der Waals surface area contributed by atoms with E-state index in [1.807, 2.05) is 0 Å². The second-order valence-corrected chi connectivity index (χ2v) is 7.14. The molecule has 0 saturated carbocycles. The number of unbranched alkanes of at least 4 members (excludes halogenated alkanes) is 10. The largest absolute Gasteiger partial charge is 0.342 e. The second-order valence-electron chi connectivity index (χ2n) is 7.14. The fourth-order valence-electron chi connectivity index (χ4n) is 3.52. The molecule has 1 saturated heterocycles. The van der Waals surface area contributed by atoms with E-state index in [1.54, 1.807) is 0 Å². The molecule has 0 bridgehead atoms. The van der Waals surface area contributed by atoms with E-state index in [9.17, 15) is 4.79 Å². The van der Waals surface area contributed by atoms with Crippen molar-refractivity contribution < 1.29 is 4.79 Å². The highest BCUT2D eigenvalue weighted by Crippen LogP contribution is 2.24. The maximum atomic E-state index is 12.2. The van der Waals surface area contributed by atoms with Crippen molar-refractivity contribution in [1.82, 2.24) is 4.90 Å². The number of amides is 1. The van der Waals surface area contributed by atoms with Crippen molar-refractivity contribution in [2.24, 2.45) is 5.92 Å². The molecule has 1 heterocycles. The molecule has 22 heavy (non-hydrogen) atoms. The summed E-state index contributed by atoms with van der Waals surface area (Å²) in [6, 6.07) is 0. The van der Waals surface area contributed by atoms with Crippen LogP contribution in [0.1, 0.15) is 104 Å². The highest BCUT2D eigenvalue weighted by atomic mass is 16.2. The Morgan fingerprint density at radius 2 is 1.36 bits per heavy atom. The van der Waals surface area contributed by atoms with Gasteiger partial charge in [0.25, 0.3) is 0 Å². The van der Waals surface area contributed by atoms with Gasteiger partial charge in [-0.1, -0.05) is 84.5 Å². The minimum Gasteiger partial charge on any atom is -0.342 e. The molecule has 1 atom stereocenters. The quantitative estimate of drug-likeness (QED) is 0.363. The molecule has 1 aliphatic rings. The van der Waals surface area contributed by atoms with Crippen LogP contribution in [0.5, 0.6) is 0 Å². The van der Waals surface area contributed by atoms with Gasteiger partial charge in [0.1, 0.15) is 0 Å². The molecule has 0 aromatic rings. The lowest BCUT2D eigenvalue weighted by Gasteiger charge is -2.16. The van der Waals surface area contributed by atoms with Crippen LogP contribution in [0.15, 0.2) is 0 Å². The summed E-state index contributed by atoms with van der Waals surface area (Å²) < 4.78 is 0. The van der Waals surface area contributed by atoms with Gasteiger partial charge in [0.15, 0.2) is 0 Å². The van der Waals surface area contributed by atoms with Gasteiger partial charge in [0.05, 0.1) is 0 Å². The summed E-state index contributed by atoms with van der Waals surface area (Å²) >= 11 is 0. The summed E-state index contributed by atoms with van der Waals surface area (Å²) in [5.41, 5.74) is 0. The van der Waals surface area contributed by atoms with E-state index < -0.39 is 0 Å². The van der Waals surface area contributed by atoms with Gasteiger partial charge in [-0.15, -0.1) is 0 Å². The maximum absolute atomic E-state index is 12.2. The Morgan fingerprint density at radius 1 is 0.818 bits per heavy atom. The number of rotatable bonds is 14. The average Bonchev–Trinajstić information content (AvgIpc) is 2.87. The summed E-state index contributed by atoms with van der Waals surface area (Å²) in [4.78, 5) is 14.3. The first-order valence-electron chi connectivity index (χ1n) is 10.1. The van der Waals surface area contributed by atoms with E-state index in [-0.39, 0.29) is 0 Å². The standard InChI is InChI=1S/C20H39NO/c1-3-5-7-8-9-10-11-12-13-14-15-19-16-18-21(20(19)22)17-6-4-2/h19H,3-18H2,1-2H3. The van der Waals surface area contributed by atoms with Gasteiger partial charge in [-0.3, -0.25) is 4.79 Å². The number of likely N-dealkylation sites (tertiary alicyclic amines) is 1. The van der Waals surface area contributed by atoms with Crippen molar-refractivity contribution >= 4 is 5.91 Å². The van der Waals surface area contributed by atoms with E-state index in [0.717, 1.165) is 32.4 Å². The van der Waals surface area contributed by atoms with Crippen LogP contribution in [0.4, 0.5) is 0 Å². The Morgan fingerprint density at radius 3 is 1.95 bits per heavy atom. The number of carbonyl (C=O) groups excluding carboxylic acids is 1. The zero-order valence-electron chi connectivity index (χ0n) is 15.2. The van der Waals surface area contributed by atoms with Crippen LogP contribution in [0, 0.1) is 5.92 Å². The fraction of sp³-hybridized carbons (Fsp3) is 0.950. The molecule has 1 unspecified atom stereocenters. The Balaban J connectivity index is 1.91. The molecule has 0 aliphatic carbocycles. The maximum Gasteiger partial charge on any atom is 0.225 e. The first kappa shape index (κ1) is 19.5. The molecule has 0 aromatic heterocycles. The number of nitrogens with zero attached hydrogens (tertiary/aromatic N) is 1. The van der Waals surface area contributed by atoms with E-state index in [2.05, 4.69) is 18.7 Å². The van der Waals surface area contributed by atoms with Gasteiger partial charge < -0.3 is 4.90 Å². The molecule has 0 N–H and O–H groups in total. The molecule has 1 amide bonds.